The van der Waals surface area contributed by atoms with Crippen LogP contribution in [0.5, 0.6) is 0 Å². The molecule has 96 valence electrons. The maximum atomic E-state index is 11.7. The summed E-state index contributed by atoms with van der Waals surface area (Å²) >= 11 is 2.90. The van der Waals surface area contributed by atoms with E-state index in [2.05, 4.69) is 15.1 Å². The van der Waals surface area contributed by atoms with Gasteiger partial charge in [0.25, 0.3) is 5.56 Å². The van der Waals surface area contributed by atoms with Gasteiger partial charge in [0.05, 0.1) is 5.69 Å². The summed E-state index contributed by atoms with van der Waals surface area (Å²) in [5, 5.41) is 3.92. The molecule has 0 fully saturated rings. The van der Waals surface area contributed by atoms with Crippen molar-refractivity contribution < 1.29 is 0 Å². The third-order valence-corrected chi connectivity index (χ3v) is 4.08. The van der Waals surface area contributed by atoms with Crippen LogP contribution in [0.3, 0.4) is 0 Å². The maximum Gasteiger partial charge on any atom is 0.275 e. The van der Waals surface area contributed by atoms with Gasteiger partial charge in [-0.25, -0.2) is 9.97 Å². The predicted octanol–water partition coefficient (Wildman–Crippen LogP) is 1.42. The zero-order valence-electron chi connectivity index (χ0n) is 9.68. The number of nitrogens with two attached hydrogens (primary N) is 1. The smallest absolute Gasteiger partial charge is 0.275 e. The van der Waals surface area contributed by atoms with Gasteiger partial charge in [-0.2, -0.15) is 9.61 Å². The number of hydrogen-bond acceptors (Lipinski definition) is 7. The number of anilines is 1. The van der Waals surface area contributed by atoms with E-state index in [-0.39, 0.29) is 5.56 Å². The monoisotopic (exact) mass is 291 g/mol. The van der Waals surface area contributed by atoms with E-state index in [1.54, 1.807) is 29.5 Å². The lowest BCUT2D eigenvalue weighted by atomic mass is 10.4. The summed E-state index contributed by atoms with van der Waals surface area (Å²) in [5.41, 5.74) is 7.70. The number of rotatable bonds is 3. The zero-order chi connectivity index (χ0) is 13.2. The van der Waals surface area contributed by atoms with E-state index in [0.717, 1.165) is 10.6 Å². The van der Waals surface area contributed by atoms with Crippen molar-refractivity contribution in [1.29, 1.82) is 0 Å². The summed E-state index contributed by atoms with van der Waals surface area (Å²) in [5.74, 6) is 1.10. The summed E-state index contributed by atoms with van der Waals surface area (Å²) < 4.78 is 1.30. The van der Waals surface area contributed by atoms with Gasteiger partial charge in [-0.05, 0) is 12.1 Å². The van der Waals surface area contributed by atoms with Crippen molar-refractivity contribution >= 4 is 33.9 Å². The Kier molecular flexibility index (Phi) is 3.18. The Hall–Kier alpha value is -1.93. The molecule has 19 heavy (non-hydrogen) atoms. The van der Waals surface area contributed by atoms with Gasteiger partial charge >= 0.3 is 0 Å². The van der Waals surface area contributed by atoms with Gasteiger partial charge < -0.3 is 5.73 Å². The second kappa shape index (κ2) is 4.98. The molecule has 3 aromatic heterocycles. The van der Waals surface area contributed by atoms with Gasteiger partial charge in [0.1, 0.15) is 11.3 Å². The first kappa shape index (κ1) is 12.1. The van der Waals surface area contributed by atoms with Crippen molar-refractivity contribution in [2.75, 3.05) is 5.73 Å². The number of aromatic nitrogens is 4. The lowest BCUT2D eigenvalue weighted by Gasteiger charge is -2.01. The van der Waals surface area contributed by atoms with Crippen LogP contribution in [-0.4, -0.2) is 19.6 Å². The number of fused-ring (bicyclic) bond motifs is 1. The molecule has 8 heteroatoms. The van der Waals surface area contributed by atoms with Crippen molar-refractivity contribution in [3.05, 3.63) is 46.0 Å². The number of thioether (sulfide) groups is 1. The van der Waals surface area contributed by atoms with Crippen LogP contribution < -0.4 is 11.3 Å². The Bertz CT molecular complexity index is 765. The van der Waals surface area contributed by atoms with Gasteiger partial charge in [-0.15, -0.1) is 11.8 Å². The molecule has 2 N–H and O–H groups in total. The standard InChI is InChI=1S/C11H9N5OS2/c12-9-2-1-8(4-13-9)18-5-7-3-10(17)16-11(15-7)19-6-14-16/h1-4,6H,5H2,(H2,12,13). The Morgan fingerprint density at radius 1 is 1.42 bits per heavy atom. The Balaban J connectivity index is 1.81. The van der Waals surface area contributed by atoms with Crippen LogP contribution in [0.25, 0.3) is 4.96 Å². The minimum Gasteiger partial charge on any atom is -0.384 e. The maximum absolute atomic E-state index is 11.7. The van der Waals surface area contributed by atoms with Crippen LogP contribution in [0, 0.1) is 0 Å². The first-order valence-corrected chi connectivity index (χ1v) is 7.26. The van der Waals surface area contributed by atoms with Crippen LogP contribution in [-0.2, 0) is 5.75 Å². The third-order valence-electron chi connectivity index (χ3n) is 2.39. The second-order valence-electron chi connectivity index (χ2n) is 3.73. The highest BCUT2D eigenvalue weighted by Gasteiger charge is 2.05. The topological polar surface area (TPSA) is 86.2 Å². The molecule has 3 heterocycles. The molecule has 0 atom stereocenters. The fourth-order valence-corrected chi connectivity index (χ4v) is 2.91. The lowest BCUT2D eigenvalue weighted by molar-refractivity contribution is 0.888. The molecular formula is C11H9N5OS2. The van der Waals surface area contributed by atoms with Crippen molar-refractivity contribution in [2.24, 2.45) is 0 Å². The average Bonchev–Trinajstić information content (AvgIpc) is 2.87. The molecule has 0 aliphatic heterocycles. The highest BCUT2D eigenvalue weighted by molar-refractivity contribution is 7.98. The molecule has 0 aliphatic rings. The van der Waals surface area contributed by atoms with E-state index in [4.69, 9.17) is 5.73 Å². The molecule has 0 saturated carbocycles. The number of nitrogen functional groups attached to an aromatic ring is 1. The predicted molar refractivity (Wildman–Crippen MR) is 75.3 cm³/mol. The van der Waals surface area contributed by atoms with Crippen LogP contribution in [0.15, 0.2) is 39.6 Å². The second-order valence-corrected chi connectivity index (χ2v) is 5.59. The summed E-state index contributed by atoms with van der Waals surface area (Å²) in [4.78, 5) is 21.7. The van der Waals surface area contributed by atoms with E-state index >= 15 is 0 Å². The molecule has 0 bridgehead atoms. The van der Waals surface area contributed by atoms with Crippen molar-refractivity contribution in [1.82, 2.24) is 19.6 Å². The molecule has 6 nitrogen and oxygen atoms in total. The zero-order valence-corrected chi connectivity index (χ0v) is 11.3. The summed E-state index contributed by atoms with van der Waals surface area (Å²) in [7, 11) is 0. The number of pyridine rings is 1. The SMILES string of the molecule is Nc1ccc(SCc2cc(=O)n3ncsc3n2)cn1. The molecule has 3 aromatic rings. The van der Waals surface area contributed by atoms with Gasteiger partial charge in [0, 0.05) is 22.9 Å². The molecular weight excluding hydrogens is 282 g/mol. The molecule has 0 spiro atoms. The Morgan fingerprint density at radius 2 is 2.32 bits per heavy atom. The lowest BCUT2D eigenvalue weighted by Crippen LogP contribution is -2.14. The Morgan fingerprint density at radius 3 is 3.11 bits per heavy atom. The first-order valence-electron chi connectivity index (χ1n) is 5.39. The van der Waals surface area contributed by atoms with E-state index in [1.165, 1.54) is 21.9 Å². The van der Waals surface area contributed by atoms with Gasteiger partial charge in [0.15, 0.2) is 0 Å². The highest BCUT2D eigenvalue weighted by atomic mass is 32.2. The largest absolute Gasteiger partial charge is 0.384 e. The van der Waals surface area contributed by atoms with Crippen LogP contribution >= 0.6 is 23.1 Å². The van der Waals surface area contributed by atoms with Gasteiger partial charge in [-0.3, -0.25) is 4.79 Å². The van der Waals surface area contributed by atoms with Crippen molar-refractivity contribution in [2.45, 2.75) is 10.6 Å². The highest BCUT2D eigenvalue weighted by Crippen LogP contribution is 2.21. The third kappa shape index (κ3) is 2.59. The molecule has 0 amide bonds. The number of nitrogens with zero attached hydrogens (tertiary/aromatic N) is 4. The molecule has 0 aliphatic carbocycles. The molecule has 0 saturated heterocycles. The summed E-state index contributed by atoms with van der Waals surface area (Å²) in [6.07, 6.45) is 1.71. The minimum absolute atomic E-state index is 0.155. The fraction of sp³-hybridized carbons (Fsp3) is 0.0909. The molecule has 3 rings (SSSR count). The molecule has 0 radical (unpaired) electrons. The van der Waals surface area contributed by atoms with Gasteiger partial charge in [0.2, 0.25) is 4.96 Å². The number of hydrogen-bond donors (Lipinski definition) is 1. The summed E-state index contributed by atoms with van der Waals surface area (Å²) in [6.45, 7) is 0. The van der Waals surface area contributed by atoms with Crippen molar-refractivity contribution in [3.63, 3.8) is 0 Å². The Labute approximate surface area is 116 Å². The van der Waals surface area contributed by atoms with E-state index < -0.39 is 0 Å². The molecule has 0 unspecified atom stereocenters. The van der Waals surface area contributed by atoms with Crippen LogP contribution in [0.1, 0.15) is 5.69 Å². The minimum atomic E-state index is -0.155. The molecule has 0 aromatic carbocycles. The van der Waals surface area contributed by atoms with E-state index in [0.29, 0.717) is 16.5 Å². The van der Waals surface area contributed by atoms with Crippen molar-refractivity contribution in [3.8, 4) is 0 Å². The first-order chi connectivity index (χ1) is 9.22. The van der Waals surface area contributed by atoms with Crippen LogP contribution in [0.4, 0.5) is 5.82 Å². The summed E-state index contributed by atoms with van der Waals surface area (Å²) in [6, 6.07) is 5.15. The normalized spacial score (nSPS) is 10.9. The average molecular weight is 291 g/mol. The van der Waals surface area contributed by atoms with Crippen LogP contribution in [0.2, 0.25) is 0 Å². The quantitative estimate of drug-likeness (QED) is 0.734. The van der Waals surface area contributed by atoms with E-state index in [9.17, 15) is 4.79 Å². The fourth-order valence-electron chi connectivity index (χ4n) is 1.51. The van der Waals surface area contributed by atoms with E-state index in [1.807, 2.05) is 6.07 Å². The van der Waals surface area contributed by atoms with Gasteiger partial charge in [-0.1, -0.05) is 11.3 Å².